The van der Waals surface area contributed by atoms with Crippen molar-refractivity contribution in [1.82, 2.24) is 9.88 Å². The number of carbonyl (C=O) groups excluding carboxylic acids is 1. The van der Waals surface area contributed by atoms with Crippen LogP contribution in [0.2, 0.25) is 0 Å². The monoisotopic (exact) mass is 448 g/mol. The average Bonchev–Trinajstić information content (AvgIpc) is 3.31. The van der Waals surface area contributed by atoms with Crippen LogP contribution >= 0.6 is 11.3 Å². The van der Waals surface area contributed by atoms with Gasteiger partial charge in [0.25, 0.3) is 0 Å². The molecule has 2 heterocycles. The molecule has 0 aliphatic heterocycles. The molecule has 11 heteroatoms. The van der Waals surface area contributed by atoms with Gasteiger partial charge in [0, 0.05) is 10.9 Å². The number of alkyl halides is 6. The topological polar surface area (TPSA) is 46.3 Å². The molecular formula is C19H14F6N2O2S. The Morgan fingerprint density at radius 3 is 2.33 bits per heavy atom. The summed E-state index contributed by atoms with van der Waals surface area (Å²) in [6.07, 6.45) is -8.14. The maximum atomic E-state index is 12.9. The Balaban J connectivity index is 1.72. The van der Waals surface area contributed by atoms with Gasteiger partial charge in [-0.15, -0.1) is 11.3 Å². The van der Waals surface area contributed by atoms with Crippen molar-refractivity contribution in [3.63, 3.8) is 0 Å². The first-order valence-electron chi connectivity index (χ1n) is 8.50. The molecule has 1 aromatic carbocycles. The van der Waals surface area contributed by atoms with E-state index in [1.807, 2.05) is 0 Å². The second kappa shape index (κ2) is 8.50. The lowest BCUT2D eigenvalue weighted by molar-refractivity contribution is -0.162. The molecule has 160 valence electrons. The highest BCUT2D eigenvalue weighted by molar-refractivity contribution is 7.13. The molecule has 0 unspecified atom stereocenters. The summed E-state index contributed by atoms with van der Waals surface area (Å²) >= 11 is 1.08. The predicted octanol–water partition coefficient (Wildman–Crippen LogP) is 5.56. The minimum absolute atomic E-state index is 0.205. The van der Waals surface area contributed by atoms with Gasteiger partial charge >= 0.3 is 12.4 Å². The highest BCUT2D eigenvalue weighted by Gasteiger charge is 2.33. The molecule has 0 spiro atoms. The maximum absolute atomic E-state index is 12.9. The van der Waals surface area contributed by atoms with Crippen molar-refractivity contribution in [1.29, 1.82) is 0 Å². The summed E-state index contributed by atoms with van der Waals surface area (Å²) in [5.74, 6) is -0.593. The molecule has 0 saturated carbocycles. The molecule has 3 aromatic rings. The number of thiazole rings is 1. The molecule has 0 atom stereocenters. The molecule has 2 aromatic heterocycles. The number of rotatable bonds is 6. The van der Waals surface area contributed by atoms with E-state index in [0.717, 1.165) is 23.5 Å². The fourth-order valence-corrected chi connectivity index (χ4v) is 3.45. The van der Waals surface area contributed by atoms with Gasteiger partial charge in [0.2, 0.25) is 5.91 Å². The Morgan fingerprint density at radius 2 is 1.77 bits per heavy atom. The number of furan rings is 1. The molecule has 0 radical (unpaired) electrons. The lowest BCUT2D eigenvalue weighted by atomic mass is 10.1. The second-order valence-electron chi connectivity index (χ2n) is 6.34. The quantitative estimate of drug-likeness (QED) is 0.464. The molecule has 3 rings (SSSR count). The summed E-state index contributed by atoms with van der Waals surface area (Å²) in [6.45, 7) is -1.79. The Morgan fingerprint density at radius 1 is 1.07 bits per heavy atom. The number of carbonyl (C=O) groups is 1. The molecule has 0 aliphatic carbocycles. The van der Waals surface area contributed by atoms with E-state index in [1.54, 1.807) is 0 Å². The number of hydrogen-bond acceptors (Lipinski definition) is 4. The van der Waals surface area contributed by atoms with E-state index < -0.39 is 30.4 Å². The predicted molar refractivity (Wildman–Crippen MR) is 96.4 cm³/mol. The number of amides is 1. The normalized spacial score (nSPS) is 12.2. The lowest BCUT2D eigenvalue weighted by Crippen LogP contribution is -2.39. The molecule has 0 N–H and O–H groups in total. The van der Waals surface area contributed by atoms with Crippen LogP contribution in [-0.4, -0.2) is 28.5 Å². The highest BCUT2D eigenvalue weighted by atomic mass is 32.1. The largest absolute Gasteiger partial charge is 0.467 e. The molecule has 1 amide bonds. The fraction of sp³-hybridized carbons (Fsp3) is 0.263. The fourth-order valence-electron chi connectivity index (χ4n) is 2.63. The third kappa shape index (κ3) is 5.85. The van der Waals surface area contributed by atoms with E-state index in [1.165, 1.54) is 35.9 Å². The number of benzene rings is 1. The number of halogens is 6. The maximum Gasteiger partial charge on any atom is 0.416 e. The van der Waals surface area contributed by atoms with Crippen molar-refractivity contribution < 1.29 is 35.6 Å². The van der Waals surface area contributed by atoms with Crippen LogP contribution in [0.5, 0.6) is 0 Å². The summed E-state index contributed by atoms with van der Waals surface area (Å²) in [6, 6.07) is 7.29. The van der Waals surface area contributed by atoms with Gasteiger partial charge in [-0.05, 0) is 24.3 Å². The van der Waals surface area contributed by atoms with Crippen LogP contribution in [0.3, 0.4) is 0 Å². The SMILES string of the molecule is O=C(Cc1csc(-c2ccc(C(F)(F)F)cc2)n1)N(Cc1ccco1)CC(F)(F)F. The first kappa shape index (κ1) is 21.9. The van der Waals surface area contributed by atoms with Crippen molar-refractivity contribution >= 4 is 17.2 Å². The zero-order valence-corrected chi connectivity index (χ0v) is 15.9. The molecular weight excluding hydrogens is 434 g/mol. The van der Waals surface area contributed by atoms with E-state index >= 15 is 0 Å². The van der Waals surface area contributed by atoms with Gasteiger partial charge in [-0.3, -0.25) is 4.79 Å². The summed E-state index contributed by atoms with van der Waals surface area (Å²) < 4.78 is 81.6. The van der Waals surface area contributed by atoms with E-state index in [4.69, 9.17) is 4.42 Å². The highest BCUT2D eigenvalue weighted by Crippen LogP contribution is 2.32. The van der Waals surface area contributed by atoms with Gasteiger partial charge < -0.3 is 9.32 Å². The summed E-state index contributed by atoms with van der Waals surface area (Å²) in [5, 5.41) is 1.85. The summed E-state index contributed by atoms with van der Waals surface area (Å²) in [7, 11) is 0. The van der Waals surface area contributed by atoms with Crippen LogP contribution in [0.25, 0.3) is 10.6 Å². The minimum atomic E-state index is -4.59. The van der Waals surface area contributed by atoms with Crippen LogP contribution in [0.15, 0.2) is 52.5 Å². The summed E-state index contributed by atoms with van der Waals surface area (Å²) in [4.78, 5) is 17.2. The van der Waals surface area contributed by atoms with Gasteiger partial charge in [0.15, 0.2) is 0 Å². The third-order valence-electron chi connectivity index (χ3n) is 3.99. The van der Waals surface area contributed by atoms with Crippen molar-refractivity contribution in [2.75, 3.05) is 6.54 Å². The average molecular weight is 448 g/mol. The van der Waals surface area contributed by atoms with Crippen molar-refractivity contribution in [3.8, 4) is 10.6 Å². The first-order valence-corrected chi connectivity index (χ1v) is 9.38. The molecule has 0 fully saturated rings. The third-order valence-corrected chi connectivity index (χ3v) is 4.93. The smallest absolute Gasteiger partial charge is 0.416 e. The number of aromatic nitrogens is 1. The Hall–Kier alpha value is -2.82. The molecule has 30 heavy (non-hydrogen) atoms. The summed E-state index contributed by atoms with van der Waals surface area (Å²) in [5.41, 5.74) is -0.167. The van der Waals surface area contributed by atoms with Crippen LogP contribution < -0.4 is 0 Å². The second-order valence-corrected chi connectivity index (χ2v) is 7.20. The van der Waals surface area contributed by atoms with Gasteiger partial charge in [0.1, 0.15) is 17.3 Å². The van der Waals surface area contributed by atoms with Crippen LogP contribution in [-0.2, 0) is 23.9 Å². The number of nitrogens with zero attached hydrogens (tertiary/aromatic N) is 2. The van der Waals surface area contributed by atoms with Crippen molar-refractivity contribution in [3.05, 3.63) is 65.1 Å². The lowest BCUT2D eigenvalue weighted by Gasteiger charge is -2.22. The molecule has 0 saturated heterocycles. The molecule has 4 nitrogen and oxygen atoms in total. The van der Waals surface area contributed by atoms with Gasteiger partial charge in [-0.25, -0.2) is 4.98 Å². The Kier molecular flexibility index (Phi) is 6.20. The van der Waals surface area contributed by atoms with Crippen molar-refractivity contribution in [2.45, 2.75) is 25.3 Å². The Labute approximate surface area is 170 Å². The van der Waals surface area contributed by atoms with E-state index in [-0.39, 0.29) is 24.4 Å². The molecule has 0 aliphatic rings. The zero-order chi connectivity index (χ0) is 21.9. The number of hydrogen-bond donors (Lipinski definition) is 0. The van der Waals surface area contributed by atoms with Gasteiger partial charge in [-0.2, -0.15) is 26.3 Å². The first-order chi connectivity index (χ1) is 14.0. The van der Waals surface area contributed by atoms with Crippen molar-refractivity contribution in [2.24, 2.45) is 0 Å². The van der Waals surface area contributed by atoms with E-state index in [0.29, 0.717) is 15.5 Å². The van der Waals surface area contributed by atoms with Crippen LogP contribution in [0, 0.1) is 0 Å². The van der Waals surface area contributed by atoms with Crippen LogP contribution in [0.1, 0.15) is 17.0 Å². The van der Waals surface area contributed by atoms with Crippen LogP contribution in [0.4, 0.5) is 26.3 Å². The van der Waals surface area contributed by atoms with Gasteiger partial charge in [0.05, 0.1) is 30.5 Å². The van der Waals surface area contributed by atoms with Gasteiger partial charge in [-0.1, -0.05) is 12.1 Å². The van der Waals surface area contributed by atoms with E-state index in [9.17, 15) is 31.1 Å². The molecule has 0 bridgehead atoms. The zero-order valence-electron chi connectivity index (χ0n) is 15.1. The minimum Gasteiger partial charge on any atom is -0.467 e. The van der Waals surface area contributed by atoms with E-state index in [2.05, 4.69) is 4.98 Å². The Bertz CT molecular complexity index is 978. The standard InChI is InChI=1S/C19H14F6N2O2S/c20-18(21,22)11-27(9-15-2-1-7-29-15)16(28)8-14-10-30-17(26-14)12-3-5-13(6-4-12)19(23,24)25/h1-7,10H,8-9,11H2.